The zero-order chi connectivity index (χ0) is 14.9. The molecule has 7 heteroatoms. The summed E-state index contributed by atoms with van der Waals surface area (Å²) in [5, 5.41) is 13.0. The van der Waals surface area contributed by atoms with Gasteiger partial charge in [-0.1, -0.05) is 12.1 Å². The summed E-state index contributed by atoms with van der Waals surface area (Å²) in [5.74, 6) is 0.133. The second-order valence-corrected chi connectivity index (χ2v) is 4.30. The van der Waals surface area contributed by atoms with Crippen LogP contribution in [0.15, 0.2) is 24.3 Å². The Balaban J connectivity index is 2.37. The van der Waals surface area contributed by atoms with Gasteiger partial charge in [-0.05, 0) is 17.7 Å². The predicted octanol–water partition coefficient (Wildman–Crippen LogP) is 2.74. The van der Waals surface area contributed by atoms with E-state index in [1.807, 2.05) is 0 Å². The Labute approximate surface area is 113 Å². The monoisotopic (exact) mass is 286 g/mol. The van der Waals surface area contributed by atoms with Crippen LogP contribution >= 0.6 is 0 Å². The van der Waals surface area contributed by atoms with E-state index in [-0.39, 0.29) is 12.0 Å². The first-order valence-electron chi connectivity index (χ1n) is 5.78. The first-order valence-corrected chi connectivity index (χ1v) is 5.78. The van der Waals surface area contributed by atoms with Gasteiger partial charge in [0, 0.05) is 13.5 Å². The number of aromatic nitrogens is 2. The summed E-state index contributed by atoms with van der Waals surface area (Å²) in [7, 11) is 2.77. The maximum atomic E-state index is 12.9. The highest BCUT2D eigenvalue weighted by Crippen LogP contribution is 2.36. The van der Waals surface area contributed by atoms with E-state index < -0.39 is 17.8 Å². The van der Waals surface area contributed by atoms with Gasteiger partial charge >= 0.3 is 6.18 Å². The molecule has 0 atom stereocenters. The molecule has 0 unspecified atom stereocenters. The predicted molar refractivity (Wildman–Crippen MR) is 65.7 cm³/mol. The van der Waals surface area contributed by atoms with E-state index in [1.165, 1.54) is 14.2 Å². The Morgan fingerprint density at radius 2 is 1.85 bits per heavy atom. The van der Waals surface area contributed by atoms with Gasteiger partial charge in [0.1, 0.15) is 5.75 Å². The van der Waals surface area contributed by atoms with Crippen molar-refractivity contribution in [3.63, 3.8) is 0 Å². The number of aryl methyl sites for hydroxylation is 1. The number of ether oxygens (including phenoxy) is 1. The number of alkyl halides is 3. The highest BCUT2D eigenvalue weighted by atomic mass is 19.4. The Morgan fingerprint density at radius 1 is 1.25 bits per heavy atom. The van der Waals surface area contributed by atoms with Gasteiger partial charge in [-0.15, -0.1) is 0 Å². The van der Waals surface area contributed by atoms with Gasteiger partial charge < -0.3 is 9.84 Å². The average Bonchev–Trinajstić information content (AvgIpc) is 2.68. The van der Waals surface area contributed by atoms with Crippen molar-refractivity contribution in [3.8, 4) is 11.6 Å². The molecule has 0 saturated carbocycles. The van der Waals surface area contributed by atoms with E-state index in [2.05, 4.69) is 5.10 Å². The smallest absolute Gasteiger partial charge is 0.435 e. The summed E-state index contributed by atoms with van der Waals surface area (Å²) in [5.41, 5.74) is -0.668. The highest BCUT2D eigenvalue weighted by molar-refractivity contribution is 5.38. The fourth-order valence-electron chi connectivity index (χ4n) is 1.90. The number of nitrogens with zero attached hydrogens (tertiary/aromatic N) is 2. The zero-order valence-corrected chi connectivity index (χ0v) is 10.9. The van der Waals surface area contributed by atoms with E-state index in [4.69, 9.17) is 4.74 Å². The van der Waals surface area contributed by atoms with Crippen LogP contribution in [0.3, 0.4) is 0 Å². The van der Waals surface area contributed by atoms with Crippen molar-refractivity contribution < 1.29 is 23.0 Å². The van der Waals surface area contributed by atoms with E-state index in [1.54, 1.807) is 24.3 Å². The van der Waals surface area contributed by atoms with Crippen LogP contribution in [0, 0.1) is 0 Å². The lowest BCUT2D eigenvalue weighted by Crippen LogP contribution is -2.09. The molecule has 1 N–H and O–H groups in total. The van der Waals surface area contributed by atoms with Crippen LogP contribution in [0.5, 0.6) is 11.6 Å². The van der Waals surface area contributed by atoms with Gasteiger partial charge in [0.25, 0.3) is 0 Å². The van der Waals surface area contributed by atoms with Gasteiger partial charge in [0.15, 0.2) is 5.69 Å². The number of methoxy groups -OCH3 is 1. The van der Waals surface area contributed by atoms with E-state index >= 15 is 0 Å². The second-order valence-electron chi connectivity index (χ2n) is 4.30. The van der Waals surface area contributed by atoms with Crippen molar-refractivity contribution in [3.05, 3.63) is 41.1 Å². The summed E-state index contributed by atoms with van der Waals surface area (Å²) in [6, 6.07) is 6.59. The highest BCUT2D eigenvalue weighted by Gasteiger charge is 2.38. The molecule has 0 amide bonds. The molecule has 2 rings (SSSR count). The lowest BCUT2D eigenvalue weighted by Gasteiger charge is -2.07. The second kappa shape index (κ2) is 5.07. The third-order valence-electron chi connectivity index (χ3n) is 2.92. The number of benzene rings is 1. The fourth-order valence-corrected chi connectivity index (χ4v) is 1.90. The van der Waals surface area contributed by atoms with Crippen LogP contribution in [-0.4, -0.2) is 22.0 Å². The SMILES string of the molecule is COc1ccc(Cc2c(C(F)(F)F)nn(C)c2O)cc1. The minimum absolute atomic E-state index is 0.0570. The van der Waals surface area contributed by atoms with E-state index in [9.17, 15) is 18.3 Å². The topological polar surface area (TPSA) is 47.3 Å². The molecule has 0 aliphatic rings. The number of rotatable bonds is 3. The van der Waals surface area contributed by atoms with Crippen molar-refractivity contribution in [1.82, 2.24) is 9.78 Å². The van der Waals surface area contributed by atoms with Crippen molar-refractivity contribution in [1.29, 1.82) is 0 Å². The van der Waals surface area contributed by atoms with Crippen molar-refractivity contribution in [2.75, 3.05) is 7.11 Å². The third-order valence-corrected chi connectivity index (χ3v) is 2.92. The van der Waals surface area contributed by atoms with Crippen LogP contribution in [0.2, 0.25) is 0 Å². The molecule has 0 radical (unpaired) electrons. The molecule has 1 heterocycles. The molecule has 108 valence electrons. The minimum atomic E-state index is -4.60. The van der Waals surface area contributed by atoms with Crippen LogP contribution in [0.25, 0.3) is 0 Å². The fraction of sp³-hybridized carbons (Fsp3) is 0.308. The minimum Gasteiger partial charge on any atom is -0.497 e. The van der Waals surface area contributed by atoms with Gasteiger partial charge in [-0.3, -0.25) is 0 Å². The Bertz CT molecular complexity index is 603. The first kappa shape index (κ1) is 14.2. The van der Waals surface area contributed by atoms with Crippen LogP contribution < -0.4 is 4.74 Å². The summed E-state index contributed by atoms with van der Waals surface area (Å²) in [4.78, 5) is 0. The number of hydrogen-bond donors (Lipinski definition) is 1. The van der Waals surface area contributed by atoms with Crippen LogP contribution in [0.1, 0.15) is 16.8 Å². The van der Waals surface area contributed by atoms with Gasteiger partial charge in [0.2, 0.25) is 5.88 Å². The molecule has 4 nitrogen and oxygen atoms in total. The largest absolute Gasteiger partial charge is 0.497 e. The normalized spacial score (nSPS) is 11.7. The zero-order valence-electron chi connectivity index (χ0n) is 10.9. The summed E-state index contributed by atoms with van der Waals surface area (Å²) >= 11 is 0. The number of hydrogen-bond acceptors (Lipinski definition) is 3. The standard InChI is InChI=1S/C13H13F3N2O2/c1-18-12(19)10(11(17-18)13(14,15)16)7-8-3-5-9(20-2)6-4-8/h3-6,19H,7H2,1-2H3. The van der Waals surface area contributed by atoms with E-state index in [0.29, 0.717) is 11.3 Å². The summed E-state index contributed by atoms with van der Waals surface area (Å²) < 4.78 is 44.4. The summed E-state index contributed by atoms with van der Waals surface area (Å²) in [6.45, 7) is 0. The molecule has 0 fully saturated rings. The molecule has 1 aromatic carbocycles. The Hall–Kier alpha value is -2.18. The molecular formula is C13H13F3N2O2. The third kappa shape index (κ3) is 2.71. The molecule has 0 saturated heterocycles. The maximum absolute atomic E-state index is 12.9. The molecule has 0 aliphatic heterocycles. The number of aromatic hydroxyl groups is 1. The van der Waals surface area contributed by atoms with Gasteiger partial charge in [0.05, 0.1) is 12.7 Å². The van der Waals surface area contributed by atoms with Crippen LogP contribution in [-0.2, 0) is 19.6 Å². The van der Waals surface area contributed by atoms with E-state index in [0.717, 1.165) is 4.68 Å². The van der Waals surface area contributed by atoms with Gasteiger partial charge in [-0.2, -0.15) is 18.3 Å². The van der Waals surface area contributed by atoms with Crippen LogP contribution in [0.4, 0.5) is 13.2 Å². The molecule has 0 bridgehead atoms. The molecular weight excluding hydrogens is 273 g/mol. The van der Waals surface area contributed by atoms with Crippen molar-refractivity contribution in [2.24, 2.45) is 7.05 Å². The number of halogens is 3. The molecule has 2 aromatic rings. The van der Waals surface area contributed by atoms with Gasteiger partial charge in [-0.25, -0.2) is 4.68 Å². The lowest BCUT2D eigenvalue weighted by molar-refractivity contribution is -0.142. The Kier molecular flexibility index (Phi) is 3.61. The maximum Gasteiger partial charge on any atom is 0.435 e. The van der Waals surface area contributed by atoms with Crippen molar-refractivity contribution >= 4 is 0 Å². The first-order chi connectivity index (χ1) is 9.32. The lowest BCUT2D eigenvalue weighted by atomic mass is 10.0. The molecule has 20 heavy (non-hydrogen) atoms. The summed E-state index contributed by atoms with van der Waals surface area (Å²) in [6.07, 6.45) is -4.65. The van der Waals surface area contributed by atoms with Crippen molar-refractivity contribution in [2.45, 2.75) is 12.6 Å². The average molecular weight is 286 g/mol. The molecule has 0 aliphatic carbocycles. The molecule has 0 spiro atoms. The molecule has 1 aromatic heterocycles. The quantitative estimate of drug-likeness (QED) is 0.943. The Morgan fingerprint density at radius 3 is 2.35 bits per heavy atom.